The molecular formula is C22H25N3O3S. The van der Waals surface area contributed by atoms with Crippen LogP contribution in [0.5, 0.6) is 5.75 Å². The molecule has 152 valence electrons. The number of benzene rings is 1. The Morgan fingerprint density at radius 1 is 1.24 bits per heavy atom. The molecule has 3 heterocycles. The van der Waals surface area contributed by atoms with Crippen LogP contribution >= 0.6 is 11.3 Å². The number of furan rings is 1. The number of nitrogens with zero attached hydrogens (tertiary/aromatic N) is 2. The van der Waals surface area contributed by atoms with Gasteiger partial charge in [-0.15, -0.1) is 11.3 Å². The van der Waals surface area contributed by atoms with Gasteiger partial charge in [-0.05, 0) is 56.2 Å². The van der Waals surface area contributed by atoms with Crippen molar-refractivity contribution in [1.82, 2.24) is 10.3 Å². The highest BCUT2D eigenvalue weighted by Gasteiger charge is 2.21. The molecule has 0 bridgehead atoms. The van der Waals surface area contributed by atoms with E-state index in [1.807, 2.05) is 36.6 Å². The molecule has 1 N–H and O–H groups in total. The molecule has 4 rings (SSSR count). The summed E-state index contributed by atoms with van der Waals surface area (Å²) in [7, 11) is 1.67. The van der Waals surface area contributed by atoms with Gasteiger partial charge in [-0.2, -0.15) is 0 Å². The maximum Gasteiger partial charge on any atom is 0.226 e. The third-order valence-electron chi connectivity index (χ3n) is 5.14. The topological polar surface area (TPSA) is 67.6 Å². The zero-order valence-corrected chi connectivity index (χ0v) is 17.5. The Balaban J connectivity index is 1.26. The predicted octanol–water partition coefficient (Wildman–Crippen LogP) is 4.05. The first-order valence-corrected chi connectivity index (χ1v) is 10.7. The Kier molecular flexibility index (Phi) is 5.85. The average Bonchev–Trinajstić information content (AvgIpc) is 3.37. The molecule has 0 radical (unpaired) electrons. The second kappa shape index (κ2) is 8.69. The molecule has 0 atom stereocenters. The summed E-state index contributed by atoms with van der Waals surface area (Å²) in [5.74, 6) is 2.50. The number of carbonyl (C=O) groups is 1. The Labute approximate surface area is 174 Å². The van der Waals surface area contributed by atoms with Crippen LogP contribution in [-0.4, -0.2) is 37.1 Å². The van der Waals surface area contributed by atoms with Gasteiger partial charge in [-0.25, -0.2) is 4.98 Å². The highest BCUT2D eigenvalue weighted by atomic mass is 32.1. The van der Waals surface area contributed by atoms with Gasteiger partial charge in [0.25, 0.3) is 0 Å². The minimum Gasteiger partial charge on any atom is -0.497 e. The Bertz CT molecular complexity index is 956. The lowest BCUT2D eigenvalue weighted by Gasteiger charge is -2.34. The van der Waals surface area contributed by atoms with E-state index in [1.165, 1.54) is 17.0 Å². The predicted molar refractivity (Wildman–Crippen MR) is 115 cm³/mol. The molecule has 6 nitrogen and oxygen atoms in total. The number of thiazole rings is 1. The smallest absolute Gasteiger partial charge is 0.226 e. The van der Waals surface area contributed by atoms with Crippen LogP contribution in [0.25, 0.3) is 10.8 Å². The molecule has 0 spiro atoms. The summed E-state index contributed by atoms with van der Waals surface area (Å²) >= 11 is 1.50. The SMILES string of the molecule is COc1ccc(N2CCC(NC(=O)Cc3csc(-c4ccc(C)o4)n3)CC2)cc1. The molecule has 1 aromatic carbocycles. The van der Waals surface area contributed by atoms with Gasteiger partial charge in [0, 0.05) is 30.2 Å². The number of methoxy groups -OCH3 is 1. The van der Waals surface area contributed by atoms with Gasteiger partial charge >= 0.3 is 0 Å². The van der Waals surface area contributed by atoms with E-state index < -0.39 is 0 Å². The van der Waals surface area contributed by atoms with Crippen molar-refractivity contribution >= 4 is 22.9 Å². The second-order valence-corrected chi connectivity index (χ2v) is 8.12. The standard InChI is InChI=1S/C22H25N3O3S/c1-15-3-8-20(28-15)22-24-17(14-29-22)13-21(26)23-16-9-11-25(12-10-16)18-4-6-19(27-2)7-5-18/h3-8,14,16H,9-13H2,1-2H3,(H,23,26). The number of piperidine rings is 1. The summed E-state index contributed by atoms with van der Waals surface area (Å²) in [5, 5.41) is 5.91. The number of nitrogens with one attached hydrogen (secondary N) is 1. The fraction of sp³-hybridized carbons (Fsp3) is 0.364. The molecule has 1 amide bonds. The first-order chi connectivity index (χ1) is 14.1. The van der Waals surface area contributed by atoms with E-state index in [9.17, 15) is 4.79 Å². The molecule has 3 aromatic rings. The van der Waals surface area contributed by atoms with Gasteiger partial charge in [0.1, 0.15) is 11.5 Å². The molecule has 0 aliphatic carbocycles. The summed E-state index contributed by atoms with van der Waals surface area (Å²) in [6, 6.07) is 12.2. The van der Waals surface area contributed by atoms with Crippen LogP contribution in [-0.2, 0) is 11.2 Å². The molecule has 1 aliphatic heterocycles. The number of amides is 1. The average molecular weight is 412 g/mol. The van der Waals surface area contributed by atoms with E-state index in [2.05, 4.69) is 27.3 Å². The quantitative estimate of drug-likeness (QED) is 0.663. The molecule has 7 heteroatoms. The van der Waals surface area contributed by atoms with Crippen molar-refractivity contribution in [2.45, 2.75) is 32.2 Å². The highest BCUT2D eigenvalue weighted by molar-refractivity contribution is 7.13. The van der Waals surface area contributed by atoms with Crippen molar-refractivity contribution in [3.63, 3.8) is 0 Å². The van der Waals surface area contributed by atoms with E-state index in [4.69, 9.17) is 9.15 Å². The molecule has 1 aliphatic rings. The molecular weight excluding hydrogens is 386 g/mol. The number of anilines is 1. The van der Waals surface area contributed by atoms with E-state index >= 15 is 0 Å². The summed E-state index contributed by atoms with van der Waals surface area (Å²) in [6.07, 6.45) is 2.17. The first-order valence-electron chi connectivity index (χ1n) is 9.80. The number of carbonyl (C=O) groups excluding carboxylic acids is 1. The lowest BCUT2D eigenvalue weighted by Crippen LogP contribution is -2.45. The molecule has 0 saturated carbocycles. The third-order valence-corrected chi connectivity index (χ3v) is 6.05. The summed E-state index contributed by atoms with van der Waals surface area (Å²) in [4.78, 5) is 19.3. The van der Waals surface area contributed by atoms with Gasteiger partial charge in [0.05, 0.1) is 19.2 Å². The van der Waals surface area contributed by atoms with Gasteiger partial charge in [0.2, 0.25) is 5.91 Å². The van der Waals surface area contributed by atoms with Gasteiger partial charge < -0.3 is 19.4 Å². The minimum absolute atomic E-state index is 0.0281. The van der Waals surface area contributed by atoms with Gasteiger partial charge in [0.15, 0.2) is 10.8 Å². The Morgan fingerprint density at radius 3 is 2.66 bits per heavy atom. The number of aromatic nitrogens is 1. The molecule has 1 fully saturated rings. The fourth-order valence-electron chi connectivity index (χ4n) is 3.57. The maximum absolute atomic E-state index is 12.5. The highest BCUT2D eigenvalue weighted by Crippen LogP contribution is 2.26. The van der Waals surface area contributed by atoms with Crippen LogP contribution < -0.4 is 15.0 Å². The largest absolute Gasteiger partial charge is 0.497 e. The second-order valence-electron chi connectivity index (χ2n) is 7.26. The monoisotopic (exact) mass is 411 g/mol. The first kappa shape index (κ1) is 19.5. The molecule has 29 heavy (non-hydrogen) atoms. The maximum atomic E-state index is 12.5. The molecule has 1 saturated heterocycles. The van der Waals surface area contributed by atoms with Crippen LogP contribution in [0.4, 0.5) is 5.69 Å². The van der Waals surface area contributed by atoms with Crippen LogP contribution in [0.3, 0.4) is 0 Å². The van der Waals surface area contributed by atoms with Crippen molar-refractivity contribution in [2.75, 3.05) is 25.1 Å². The molecule has 0 unspecified atom stereocenters. The lowest BCUT2D eigenvalue weighted by molar-refractivity contribution is -0.121. The lowest BCUT2D eigenvalue weighted by atomic mass is 10.0. The summed E-state index contributed by atoms with van der Waals surface area (Å²) < 4.78 is 10.8. The van der Waals surface area contributed by atoms with Gasteiger partial charge in [-0.3, -0.25) is 4.79 Å². The van der Waals surface area contributed by atoms with Crippen LogP contribution in [0.1, 0.15) is 24.3 Å². The molecule has 2 aromatic heterocycles. The minimum atomic E-state index is 0.0281. The van der Waals surface area contributed by atoms with Crippen molar-refractivity contribution in [3.8, 4) is 16.5 Å². The van der Waals surface area contributed by atoms with Crippen LogP contribution in [0.15, 0.2) is 46.2 Å². The zero-order chi connectivity index (χ0) is 20.2. The summed E-state index contributed by atoms with van der Waals surface area (Å²) in [6.45, 7) is 3.76. The number of hydrogen-bond acceptors (Lipinski definition) is 6. The zero-order valence-electron chi connectivity index (χ0n) is 16.7. The van der Waals surface area contributed by atoms with E-state index in [1.54, 1.807) is 7.11 Å². The number of rotatable bonds is 6. The van der Waals surface area contributed by atoms with Crippen molar-refractivity contribution in [3.05, 3.63) is 53.2 Å². The number of hydrogen-bond donors (Lipinski definition) is 1. The van der Waals surface area contributed by atoms with Crippen LogP contribution in [0.2, 0.25) is 0 Å². The van der Waals surface area contributed by atoms with Gasteiger partial charge in [-0.1, -0.05) is 0 Å². The van der Waals surface area contributed by atoms with E-state index in [0.717, 1.165) is 53.9 Å². The fourth-order valence-corrected chi connectivity index (χ4v) is 4.35. The number of aryl methyl sites for hydroxylation is 1. The van der Waals surface area contributed by atoms with Crippen molar-refractivity contribution in [2.24, 2.45) is 0 Å². The van der Waals surface area contributed by atoms with E-state index in [-0.39, 0.29) is 11.9 Å². The Morgan fingerprint density at radius 2 is 2.00 bits per heavy atom. The Hall–Kier alpha value is -2.80. The van der Waals surface area contributed by atoms with Crippen LogP contribution in [0, 0.1) is 6.92 Å². The third kappa shape index (κ3) is 4.79. The van der Waals surface area contributed by atoms with Crippen molar-refractivity contribution in [1.29, 1.82) is 0 Å². The summed E-state index contributed by atoms with van der Waals surface area (Å²) in [5.41, 5.74) is 1.98. The van der Waals surface area contributed by atoms with Crippen molar-refractivity contribution < 1.29 is 13.9 Å². The number of ether oxygens (including phenoxy) is 1. The normalized spacial score (nSPS) is 14.8. The van der Waals surface area contributed by atoms with E-state index in [0.29, 0.717) is 6.42 Å².